The van der Waals surface area contributed by atoms with E-state index in [2.05, 4.69) is 4.90 Å². The molecule has 0 atom stereocenters. The predicted octanol–water partition coefficient (Wildman–Crippen LogP) is 4.28. The standard InChI is InChI=1S/C26H25FN2O4/c1-15-19-12-21-22(17-4-6-18(27)7-5-17)14-32-24(21)16(2)25(19)33-26(31)20(15)13-23(30)29-10-8-28(3)9-11-29/h4-7,12,14H,8-11,13H2,1-3H3. The number of benzene rings is 2. The number of aryl methyl sites for hydroxylation is 2. The van der Waals surface area contributed by atoms with Crippen LogP contribution in [0.5, 0.6) is 0 Å². The predicted molar refractivity (Wildman–Crippen MR) is 125 cm³/mol. The number of likely N-dealkylation sites (N-methyl/N-ethyl adjacent to an activating group) is 1. The van der Waals surface area contributed by atoms with Crippen LogP contribution in [0.25, 0.3) is 33.1 Å². The number of fused-ring (bicyclic) bond motifs is 2. The lowest BCUT2D eigenvalue weighted by Crippen LogP contribution is -2.47. The molecule has 0 N–H and O–H groups in total. The van der Waals surface area contributed by atoms with E-state index in [1.165, 1.54) is 12.1 Å². The minimum atomic E-state index is -0.491. The fourth-order valence-corrected chi connectivity index (χ4v) is 4.57. The van der Waals surface area contributed by atoms with Crippen molar-refractivity contribution in [2.45, 2.75) is 20.3 Å². The van der Waals surface area contributed by atoms with Crippen LogP contribution >= 0.6 is 0 Å². The van der Waals surface area contributed by atoms with Crippen LogP contribution in [-0.4, -0.2) is 48.9 Å². The van der Waals surface area contributed by atoms with Crippen LogP contribution in [0.1, 0.15) is 16.7 Å². The molecule has 1 amide bonds. The highest BCUT2D eigenvalue weighted by molar-refractivity contribution is 6.05. The number of carbonyl (C=O) groups is 1. The number of amides is 1. The summed E-state index contributed by atoms with van der Waals surface area (Å²) in [5.74, 6) is -0.369. The van der Waals surface area contributed by atoms with Gasteiger partial charge in [0.1, 0.15) is 17.0 Å². The Balaban J connectivity index is 1.60. The van der Waals surface area contributed by atoms with Gasteiger partial charge in [0.2, 0.25) is 5.91 Å². The maximum Gasteiger partial charge on any atom is 0.340 e. The van der Waals surface area contributed by atoms with Gasteiger partial charge in [0.15, 0.2) is 0 Å². The molecule has 33 heavy (non-hydrogen) atoms. The molecule has 170 valence electrons. The topological polar surface area (TPSA) is 66.9 Å². The molecule has 1 aliphatic heterocycles. The molecule has 2 aromatic carbocycles. The molecule has 0 spiro atoms. The molecule has 0 unspecified atom stereocenters. The molecule has 1 aliphatic rings. The van der Waals surface area contributed by atoms with Gasteiger partial charge in [-0.05, 0) is 50.2 Å². The number of rotatable bonds is 3. The van der Waals surface area contributed by atoms with E-state index < -0.39 is 5.63 Å². The lowest BCUT2D eigenvalue weighted by atomic mass is 9.97. The SMILES string of the molecule is Cc1c(CC(=O)N2CCN(C)CC2)c(=O)oc2c(C)c3occ(-c4ccc(F)cc4)c3cc12. The zero-order valence-electron chi connectivity index (χ0n) is 18.9. The summed E-state index contributed by atoms with van der Waals surface area (Å²) in [6.45, 7) is 6.66. The molecule has 1 fully saturated rings. The van der Waals surface area contributed by atoms with Crippen LogP contribution in [0, 0.1) is 19.7 Å². The smallest absolute Gasteiger partial charge is 0.340 e. The summed E-state index contributed by atoms with van der Waals surface area (Å²) in [6.07, 6.45) is 1.65. The molecule has 2 aromatic heterocycles. The van der Waals surface area contributed by atoms with Gasteiger partial charge in [0.25, 0.3) is 0 Å². The Labute approximate surface area is 190 Å². The minimum Gasteiger partial charge on any atom is -0.463 e. The molecule has 0 aliphatic carbocycles. The Bertz CT molecular complexity index is 1430. The van der Waals surface area contributed by atoms with Crippen LogP contribution in [0.4, 0.5) is 4.39 Å². The second-order valence-electron chi connectivity index (χ2n) is 8.77. The van der Waals surface area contributed by atoms with E-state index >= 15 is 0 Å². The van der Waals surface area contributed by atoms with Crippen molar-refractivity contribution >= 4 is 27.8 Å². The summed E-state index contributed by atoms with van der Waals surface area (Å²) in [4.78, 5) is 29.7. The number of halogens is 1. The first kappa shape index (κ1) is 21.4. The molecule has 0 bridgehead atoms. The van der Waals surface area contributed by atoms with Crippen molar-refractivity contribution in [2.24, 2.45) is 0 Å². The number of nitrogens with zero attached hydrogens (tertiary/aromatic N) is 2. The summed E-state index contributed by atoms with van der Waals surface area (Å²) in [6, 6.07) is 8.17. The van der Waals surface area contributed by atoms with E-state index in [1.807, 2.05) is 27.0 Å². The molecule has 5 rings (SSSR count). The van der Waals surface area contributed by atoms with Gasteiger partial charge in [-0.15, -0.1) is 0 Å². The molecule has 4 aromatic rings. The van der Waals surface area contributed by atoms with Gasteiger partial charge in [-0.2, -0.15) is 0 Å². The lowest BCUT2D eigenvalue weighted by Gasteiger charge is -2.32. The van der Waals surface area contributed by atoms with E-state index in [1.54, 1.807) is 23.3 Å². The van der Waals surface area contributed by atoms with Crippen LogP contribution < -0.4 is 5.63 Å². The first-order chi connectivity index (χ1) is 15.8. The summed E-state index contributed by atoms with van der Waals surface area (Å²) in [5.41, 5.74) is 4.08. The van der Waals surface area contributed by atoms with E-state index in [0.717, 1.165) is 40.6 Å². The molecular formula is C26H25FN2O4. The summed E-state index contributed by atoms with van der Waals surface area (Å²) < 4.78 is 24.9. The average molecular weight is 448 g/mol. The van der Waals surface area contributed by atoms with E-state index in [4.69, 9.17) is 8.83 Å². The number of carbonyl (C=O) groups excluding carboxylic acids is 1. The molecular weight excluding hydrogens is 423 g/mol. The highest BCUT2D eigenvalue weighted by Crippen LogP contribution is 2.37. The van der Waals surface area contributed by atoms with E-state index in [0.29, 0.717) is 35.4 Å². The highest BCUT2D eigenvalue weighted by atomic mass is 19.1. The number of hydrogen-bond acceptors (Lipinski definition) is 5. The van der Waals surface area contributed by atoms with Crippen molar-refractivity contribution in [1.82, 2.24) is 9.80 Å². The molecule has 0 saturated carbocycles. The second kappa shape index (κ2) is 8.15. The molecule has 6 nitrogen and oxygen atoms in total. The summed E-state index contributed by atoms with van der Waals surface area (Å²) >= 11 is 0. The third-order valence-electron chi connectivity index (χ3n) is 6.68. The Hall–Kier alpha value is -3.45. The number of hydrogen-bond donors (Lipinski definition) is 0. The van der Waals surface area contributed by atoms with Gasteiger partial charge in [-0.25, -0.2) is 9.18 Å². The fourth-order valence-electron chi connectivity index (χ4n) is 4.57. The number of furan rings is 1. The Morgan fingerprint density at radius 3 is 2.39 bits per heavy atom. The maximum absolute atomic E-state index is 13.4. The van der Waals surface area contributed by atoms with Gasteiger partial charge >= 0.3 is 5.63 Å². The average Bonchev–Trinajstić information content (AvgIpc) is 3.23. The third kappa shape index (κ3) is 3.72. The van der Waals surface area contributed by atoms with Gasteiger partial charge in [-0.3, -0.25) is 4.79 Å². The van der Waals surface area contributed by atoms with Crippen molar-refractivity contribution in [3.05, 3.63) is 69.5 Å². The van der Waals surface area contributed by atoms with Gasteiger partial charge < -0.3 is 18.6 Å². The summed E-state index contributed by atoms with van der Waals surface area (Å²) in [7, 11) is 2.03. The first-order valence-corrected chi connectivity index (χ1v) is 11.0. The molecule has 3 heterocycles. The lowest BCUT2D eigenvalue weighted by molar-refractivity contribution is -0.132. The van der Waals surface area contributed by atoms with Crippen molar-refractivity contribution in [2.75, 3.05) is 33.2 Å². The van der Waals surface area contributed by atoms with Crippen molar-refractivity contribution < 1.29 is 18.0 Å². The van der Waals surface area contributed by atoms with Gasteiger partial charge in [0, 0.05) is 48.1 Å². The maximum atomic E-state index is 13.4. The van der Waals surface area contributed by atoms with Crippen LogP contribution in [-0.2, 0) is 11.2 Å². The van der Waals surface area contributed by atoms with Crippen molar-refractivity contribution in [1.29, 1.82) is 0 Å². The molecule has 7 heteroatoms. The van der Waals surface area contributed by atoms with Crippen molar-refractivity contribution in [3.63, 3.8) is 0 Å². The normalized spacial score (nSPS) is 15.0. The molecule has 1 saturated heterocycles. The quantitative estimate of drug-likeness (QED) is 0.438. The minimum absolute atomic E-state index is 0.0150. The monoisotopic (exact) mass is 448 g/mol. The third-order valence-corrected chi connectivity index (χ3v) is 6.68. The zero-order valence-corrected chi connectivity index (χ0v) is 18.9. The first-order valence-electron chi connectivity index (χ1n) is 11.0. The van der Waals surface area contributed by atoms with Crippen LogP contribution in [0.15, 0.2) is 50.2 Å². The largest absolute Gasteiger partial charge is 0.463 e. The molecule has 0 radical (unpaired) electrons. The van der Waals surface area contributed by atoms with Crippen molar-refractivity contribution in [3.8, 4) is 11.1 Å². The summed E-state index contributed by atoms with van der Waals surface area (Å²) in [5, 5.41) is 1.62. The van der Waals surface area contributed by atoms with Gasteiger partial charge in [-0.1, -0.05) is 12.1 Å². The Morgan fingerprint density at radius 1 is 1.00 bits per heavy atom. The Kier molecular flexibility index (Phi) is 5.29. The number of piperazine rings is 1. The fraction of sp³-hybridized carbons (Fsp3) is 0.308. The van der Waals surface area contributed by atoms with Crippen LogP contribution in [0.2, 0.25) is 0 Å². The second-order valence-corrected chi connectivity index (χ2v) is 8.77. The van der Waals surface area contributed by atoms with Crippen LogP contribution in [0.3, 0.4) is 0 Å². The van der Waals surface area contributed by atoms with E-state index in [-0.39, 0.29) is 18.1 Å². The Morgan fingerprint density at radius 2 is 1.70 bits per heavy atom. The van der Waals surface area contributed by atoms with Gasteiger partial charge in [0.05, 0.1) is 18.2 Å². The highest BCUT2D eigenvalue weighted by Gasteiger charge is 2.24. The van der Waals surface area contributed by atoms with E-state index in [9.17, 15) is 14.0 Å². The zero-order chi connectivity index (χ0) is 23.3.